The van der Waals surface area contributed by atoms with Crippen molar-refractivity contribution in [3.8, 4) is 5.75 Å². The van der Waals surface area contributed by atoms with E-state index in [9.17, 15) is 4.79 Å². The summed E-state index contributed by atoms with van der Waals surface area (Å²) in [6, 6.07) is 7.88. The number of carbonyl (C=O) groups excluding carboxylic acids is 1. The number of benzene rings is 1. The van der Waals surface area contributed by atoms with Gasteiger partial charge >= 0.3 is 0 Å². The third kappa shape index (κ3) is 4.43. The Balaban J connectivity index is 1.87. The zero-order valence-corrected chi connectivity index (χ0v) is 13.2. The van der Waals surface area contributed by atoms with Crippen LogP contribution in [0.15, 0.2) is 34.7 Å². The van der Waals surface area contributed by atoms with E-state index in [0.717, 1.165) is 27.3 Å². The van der Waals surface area contributed by atoms with Crippen LogP contribution in [0.5, 0.6) is 5.75 Å². The Morgan fingerprint density at radius 1 is 1.38 bits per heavy atom. The first-order chi connectivity index (χ1) is 10.1. The van der Waals surface area contributed by atoms with Gasteiger partial charge in [-0.1, -0.05) is 12.1 Å². The number of carbonyl (C=O) groups is 1. The highest BCUT2D eigenvalue weighted by molar-refractivity contribution is 7.11. The molecule has 0 aliphatic rings. The molecule has 0 bridgehead atoms. The van der Waals surface area contributed by atoms with Crippen LogP contribution in [-0.2, 0) is 4.79 Å². The number of aryl methyl sites for hydroxylation is 2. The normalized spacial score (nSPS) is 10.8. The Morgan fingerprint density at radius 3 is 2.90 bits per heavy atom. The Morgan fingerprint density at radius 2 is 2.19 bits per heavy atom. The van der Waals surface area contributed by atoms with Gasteiger partial charge in [-0.15, -0.1) is 11.3 Å². The SMILES string of the molecule is Cc1cc(C)c(C)c(OCC(=O)N/N=C/c2cccs2)c1. The van der Waals surface area contributed by atoms with E-state index in [1.807, 2.05) is 44.4 Å². The van der Waals surface area contributed by atoms with E-state index in [1.54, 1.807) is 17.6 Å². The molecular weight excluding hydrogens is 284 g/mol. The highest BCUT2D eigenvalue weighted by Gasteiger charge is 2.06. The van der Waals surface area contributed by atoms with E-state index >= 15 is 0 Å². The number of rotatable bonds is 5. The third-order valence-electron chi connectivity index (χ3n) is 3.05. The third-order valence-corrected chi connectivity index (χ3v) is 3.85. The first-order valence-corrected chi connectivity index (χ1v) is 7.50. The van der Waals surface area contributed by atoms with Gasteiger partial charge in [-0.25, -0.2) is 5.43 Å². The molecule has 1 aromatic carbocycles. The molecule has 0 spiro atoms. The van der Waals surface area contributed by atoms with Gasteiger partial charge in [0.1, 0.15) is 5.75 Å². The highest BCUT2D eigenvalue weighted by atomic mass is 32.1. The second-order valence-electron chi connectivity index (χ2n) is 4.80. The minimum absolute atomic E-state index is 0.0501. The van der Waals surface area contributed by atoms with E-state index < -0.39 is 0 Å². The lowest BCUT2D eigenvalue weighted by atomic mass is 10.1. The minimum Gasteiger partial charge on any atom is -0.483 e. The predicted octanol–water partition coefficient (Wildman–Crippen LogP) is 3.20. The summed E-state index contributed by atoms with van der Waals surface area (Å²) in [5, 5.41) is 5.84. The molecule has 5 heteroatoms. The molecule has 0 radical (unpaired) electrons. The van der Waals surface area contributed by atoms with E-state index in [1.165, 1.54) is 0 Å². The summed E-state index contributed by atoms with van der Waals surface area (Å²) >= 11 is 1.56. The highest BCUT2D eigenvalue weighted by Crippen LogP contribution is 2.23. The fraction of sp³-hybridized carbons (Fsp3) is 0.250. The van der Waals surface area contributed by atoms with E-state index in [0.29, 0.717) is 0 Å². The van der Waals surface area contributed by atoms with Crippen LogP contribution in [0.25, 0.3) is 0 Å². The van der Waals surface area contributed by atoms with Gasteiger partial charge in [0.25, 0.3) is 5.91 Å². The number of nitrogens with zero attached hydrogens (tertiary/aromatic N) is 1. The molecule has 1 aromatic heterocycles. The fourth-order valence-corrected chi connectivity index (χ4v) is 2.44. The Bertz CT molecular complexity index is 649. The number of thiophene rings is 1. The van der Waals surface area contributed by atoms with E-state index in [-0.39, 0.29) is 12.5 Å². The first-order valence-electron chi connectivity index (χ1n) is 6.62. The predicted molar refractivity (Wildman–Crippen MR) is 86.2 cm³/mol. The number of hydrogen-bond acceptors (Lipinski definition) is 4. The summed E-state index contributed by atoms with van der Waals surface area (Å²) in [7, 11) is 0. The summed E-state index contributed by atoms with van der Waals surface area (Å²) in [5.41, 5.74) is 5.77. The maximum Gasteiger partial charge on any atom is 0.277 e. The van der Waals surface area contributed by atoms with Crippen LogP contribution >= 0.6 is 11.3 Å². The van der Waals surface area contributed by atoms with Crippen molar-refractivity contribution in [3.05, 3.63) is 51.2 Å². The van der Waals surface area contributed by atoms with Crippen molar-refractivity contribution in [1.29, 1.82) is 0 Å². The van der Waals surface area contributed by atoms with E-state index in [4.69, 9.17) is 4.74 Å². The van der Waals surface area contributed by atoms with E-state index in [2.05, 4.69) is 16.6 Å². The lowest BCUT2D eigenvalue weighted by Crippen LogP contribution is -2.24. The van der Waals surface area contributed by atoms with Crippen molar-refractivity contribution in [2.24, 2.45) is 5.10 Å². The maximum absolute atomic E-state index is 11.7. The van der Waals surface area contributed by atoms with Gasteiger partial charge in [0.2, 0.25) is 0 Å². The standard InChI is InChI=1S/C16H18N2O2S/c1-11-7-12(2)13(3)15(8-11)20-10-16(19)18-17-9-14-5-4-6-21-14/h4-9H,10H2,1-3H3,(H,18,19)/b17-9+. The molecule has 0 saturated carbocycles. The molecule has 1 heterocycles. The van der Waals surface area contributed by atoms with Gasteiger partial charge < -0.3 is 4.74 Å². The van der Waals surface area contributed by atoms with Crippen molar-refractivity contribution in [1.82, 2.24) is 5.43 Å². The summed E-state index contributed by atoms with van der Waals surface area (Å²) in [6.45, 7) is 5.97. The molecule has 1 N–H and O–H groups in total. The van der Waals surface area contributed by atoms with Crippen LogP contribution < -0.4 is 10.2 Å². The molecule has 2 rings (SSSR count). The molecule has 0 saturated heterocycles. The monoisotopic (exact) mass is 302 g/mol. The number of nitrogens with one attached hydrogen (secondary N) is 1. The van der Waals surface area contributed by atoms with Gasteiger partial charge in [-0.05, 0) is 55.0 Å². The van der Waals surface area contributed by atoms with Gasteiger partial charge in [0.05, 0.1) is 6.21 Å². The second kappa shape index (κ2) is 7.04. The molecule has 0 unspecified atom stereocenters. The Kier molecular flexibility index (Phi) is 5.11. The molecule has 110 valence electrons. The van der Waals surface area contributed by atoms with Gasteiger partial charge in [0.15, 0.2) is 6.61 Å². The number of hydrazone groups is 1. The lowest BCUT2D eigenvalue weighted by Gasteiger charge is -2.11. The summed E-state index contributed by atoms with van der Waals surface area (Å²) < 4.78 is 5.56. The van der Waals surface area contributed by atoms with Crippen LogP contribution in [0.1, 0.15) is 21.6 Å². The molecule has 2 aromatic rings. The molecule has 0 atom stereocenters. The van der Waals surface area contributed by atoms with Crippen molar-refractivity contribution in [3.63, 3.8) is 0 Å². The molecule has 0 aliphatic heterocycles. The first kappa shape index (κ1) is 15.3. The van der Waals surface area contributed by atoms with Crippen molar-refractivity contribution >= 4 is 23.5 Å². The molecule has 0 aliphatic carbocycles. The van der Waals surface area contributed by atoms with Gasteiger partial charge in [0, 0.05) is 4.88 Å². The second-order valence-corrected chi connectivity index (χ2v) is 5.78. The molecule has 1 amide bonds. The molecule has 4 nitrogen and oxygen atoms in total. The fourth-order valence-electron chi connectivity index (χ4n) is 1.86. The minimum atomic E-state index is -0.277. The van der Waals surface area contributed by atoms with Crippen LogP contribution in [-0.4, -0.2) is 18.7 Å². The van der Waals surface area contributed by atoms with Crippen LogP contribution in [0.2, 0.25) is 0 Å². The number of amides is 1. The van der Waals surface area contributed by atoms with Gasteiger partial charge in [-0.2, -0.15) is 5.10 Å². The number of ether oxygens (including phenoxy) is 1. The summed E-state index contributed by atoms with van der Waals surface area (Å²) in [5.74, 6) is 0.464. The van der Waals surface area contributed by atoms with Crippen LogP contribution in [0.4, 0.5) is 0 Å². The number of hydrogen-bond donors (Lipinski definition) is 1. The molecule has 0 fully saturated rings. The van der Waals surface area contributed by atoms with Crippen molar-refractivity contribution in [2.45, 2.75) is 20.8 Å². The molecule has 21 heavy (non-hydrogen) atoms. The van der Waals surface area contributed by atoms with Crippen molar-refractivity contribution < 1.29 is 9.53 Å². The Labute approximate surface area is 128 Å². The quantitative estimate of drug-likeness (QED) is 0.681. The Hall–Kier alpha value is -2.14. The smallest absolute Gasteiger partial charge is 0.277 e. The summed E-state index contributed by atoms with van der Waals surface area (Å²) in [6.07, 6.45) is 1.62. The van der Waals surface area contributed by atoms with Gasteiger partial charge in [-0.3, -0.25) is 4.79 Å². The average Bonchev–Trinajstić information content (AvgIpc) is 2.94. The largest absolute Gasteiger partial charge is 0.483 e. The summed E-state index contributed by atoms with van der Waals surface area (Å²) in [4.78, 5) is 12.7. The average molecular weight is 302 g/mol. The zero-order chi connectivity index (χ0) is 15.2. The zero-order valence-electron chi connectivity index (χ0n) is 12.3. The van der Waals surface area contributed by atoms with Crippen LogP contribution in [0, 0.1) is 20.8 Å². The maximum atomic E-state index is 11.7. The lowest BCUT2D eigenvalue weighted by molar-refractivity contribution is -0.123. The topological polar surface area (TPSA) is 50.7 Å². The molecular formula is C16H18N2O2S. The van der Waals surface area contributed by atoms with Crippen LogP contribution in [0.3, 0.4) is 0 Å². The van der Waals surface area contributed by atoms with Crippen molar-refractivity contribution in [2.75, 3.05) is 6.61 Å².